The number of aryl methyl sites for hydroxylation is 1. The number of thiazole rings is 1. The predicted molar refractivity (Wildman–Crippen MR) is 45.4 cm³/mol. The SMILES string of the molecule is NCc1csc(CCCO)n1. The summed E-state index contributed by atoms with van der Waals surface area (Å²) in [4.78, 5) is 4.25. The summed E-state index contributed by atoms with van der Waals surface area (Å²) in [6.07, 6.45) is 1.65. The van der Waals surface area contributed by atoms with Crippen molar-refractivity contribution in [2.75, 3.05) is 6.61 Å². The first-order chi connectivity index (χ1) is 5.36. The standard InChI is InChI=1S/C7H12N2OS/c8-4-6-5-11-7(9-6)2-1-3-10/h5,10H,1-4,8H2. The van der Waals surface area contributed by atoms with E-state index in [9.17, 15) is 0 Å². The lowest BCUT2D eigenvalue weighted by Crippen LogP contribution is -1.96. The minimum atomic E-state index is 0.234. The molecule has 4 heteroatoms. The van der Waals surface area contributed by atoms with E-state index in [0.29, 0.717) is 6.54 Å². The average molecular weight is 172 g/mol. The van der Waals surface area contributed by atoms with Gasteiger partial charge in [0.25, 0.3) is 0 Å². The van der Waals surface area contributed by atoms with Crippen molar-refractivity contribution in [1.82, 2.24) is 4.98 Å². The van der Waals surface area contributed by atoms with E-state index < -0.39 is 0 Å². The molecule has 0 aromatic carbocycles. The summed E-state index contributed by atoms with van der Waals surface area (Å²) in [6.45, 7) is 0.743. The molecule has 3 nitrogen and oxygen atoms in total. The first-order valence-electron chi connectivity index (χ1n) is 3.61. The van der Waals surface area contributed by atoms with E-state index in [1.165, 1.54) is 0 Å². The van der Waals surface area contributed by atoms with Gasteiger partial charge in [-0.05, 0) is 6.42 Å². The fourth-order valence-electron chi connectivity index (χ4n) is 0.788. The zero-order valence-corrected chi connectivity index (χ0v) is 7.10. The summed E-state index contributed by atoms with van der Waals surface area (Å²) in [5, 5.41) is 11.6. The molecule has 0 atom stereocenters. The number of rotatable bonds is 4. The number of nitrogens with zero attached hydrogens (tertiary/aromatic N) is 1. The molecular formula is C7H12N2OS. The normalized spacial score (nSPS) is 10.4. The summed E-state index contributed by atoms with van der Waals surface area (Å²) >= 11 is 1.61. The smallest absolute Gasteiger partial charge is 0.0929 e. The van der Waals surface area contributed by atoms with Gasteiger partial charge in [-0.1, -0.05) is 0 Å². The number of nitrogens with two attached hydrogens (primary N) is 1. The Morgan fingerprint density at radius 3 is 3.00 bits per heavy atom. The van der Waals surface area contributed by atoms with Crippen LogP contribution in [0.15, 0.2) is 5.38 Å². The molecule has 1 rings (SSSR count). The van der Waals surface area contributed by atoms with Crippen LogP contribution in [0.1, 0.15) is 17.1 Å². The van der Waals surface area contributed by atoms with Gasteiger partial charge in [-0.2, -0.15) is 0 Å². The zero-order valence-electron chi connectivity index (χ0n) is 6.29. The van der Waals surface area contributed by atoms with Crippen LogP contribution < -0.4 is 5.73 Å². The van der Waals surface area contributed by atoms with Crippen molar-refractivity contribution in [2.45, 2.75) is 19.4 Å². The molecule has 0 saturated carbocycles. The maximum absolute atomic E-state index is 8.54. The molecule has 0 radical (unpaired) electrons. The summed E-state index contributed by atoms with van der Waals surface area (Å²) in [5.74, 6) is 0. The van der Waals surface area contributed by atoms with Gasteiger partial charge in [0, 0.05) is 25.0 Å². The summed E-state index contributed by atoms with van der Waals surface area (Å²) in [5.41, 5.74) is 6.33. The van der Waals surface area contributed by atoms with Crippen LogP contribution in [0, 0.1) is 0 Å². The Labute approximate surface area is 69.9 Å². The van der Waals surface area contributed by atoms with Gasteiger partial charge in [-0.15, -0.1) is 11.3 Å². The van der Waals surface area contributed by atoms with Gasteiger partial charge in [0.15, 0.2) is 0 Å². The van der Waals surface area contributed by atoms with E-state index in [4.69, 9.17) is 10.8 Å². The van der Waals surface area contributed by atoms with Crippen molar-refractivity contribution in [3.8, 4) is 0 Å². The van der Waals surface area contributed by atoms with Crippen LogP contribution in [0.5, 0.6) is 0 Å². The van der Waals surface area contributed by atoms with Gasteiger partial charge in [0.1, 0.15) is 0 Å². The molecule has 0 aliphatic carbocycles. The highest BCUT2D eigenvalue weighted by molar-refractivity contribution is 7.09. The highest BCUT2D eigenvalue weighted by Gasteiger charge is 1.98. The lowest BCUT2D eigenvalue weighted by molar-refractivity contribution is 0.288. The number of aromatic nitrogens is 1. The monoisotopic (exact) mass is 172 g/mol. The van der Waals surface area contributed by atoms with Crippen LogP contribution >= 0.6 is 11.3 Å². The molecule has 1 aromatic rings. The third kappa shape index (κ3) is 2.57. The molecule has 0 amide bonds. The van der Waals surface area contributed by atoms with Crippen LogP contribution in [0.3, 0.4) is 0 Å². The molecule has 1 aromatic heterocycles. The molecule has 0 bridgehead atoms. The summed E-state index contributed by atoms with van der Waals surface area (Å²) in [6, 6.07) is 0. The highest BCUT2D eigenvalue weighted by Crippen LogP contribution is 2.10. The highest BCUT2D eigenvalue weighted by atomic mass is 32.1. The first kappa shape index (κ1) is 8.64. The fraction of sp³-hybridized carbons (Fsp3) is 0.571. The molecule has 0 aliphatic heterocycles. The molecule has 11 heavy (non-hydrogen) atoms. The van der Waals surface area contributed by atoms with E-state index in [0.717, 1.165) is 23.5 Å². The van der Waals surface area contributed by atoms with Crippen molar-refractivity contribution >= 4 is 11.3 Å². The van der Waals surface area contributed by atoms with Crippen LogP contribution in [0.25, 0.3) is 0 Å². The Morgan fingerprint density at radius 2 is 2.45 bits per heavy atom. The third-order valence-corrected chi connectivity index (χ3v) is 2.31. The maximum atomic E-state index is 8.54. The average Bonchev–Trinajstić information content (AvgIpc) is 2.48. The Kier molecular flexibility index (Phi) is 3.48. The Hall–Kier alpha value is -0.450. The van der Waals surface area contributed by atoms with E-state index >= 15 is 0 Å². The van der Waals surface area contributed by atoms with Gasteiger partial charge in [0.05, 0.1) is 10.7 Å². The molecule has 3 N–H and O–H groups in total. The van der Waals surface area contributed by atoms with Crippen LogP contribution in [-0.2, 0) is 13.0 Å². The third-order valence-electron chi connectivity index (χ3n) is 1.36. The first-order valence-corrected chi connectivity index (χ1v) is 4.49. The number of hydrogen-bond acceptors (Lipinski definition) is 4. The molecule has 0 fully saturated rings. The molecule has 0 saturated heterocycles. The quantitative estimate of drug-likeness (QED) is 0.696. The van der Waals surface area contributed by atoms with Crippen molar-refractivity contribution in [3.05, 3.63) is 16.1 Å². The fourth-order valence-corrected chi connectivity index (χ4v) is 1.64. The molecular weight excluding hydrogens is 160 g/mol. The second kappa shape index (κ2) is 4.43. The van der Waals surface area contributed by atoms with Gasteiger partial charge in [-0.3, -0.25) is 0 Å². The predicted octanol–water partition coefficient (Wildman–Crippen LogP) is 0.527. The largest absolute Gasteiger partial charge is 0.396 e. The van der Waals surface area contributed by atoms with Crippen LogP contribution in [0.4, 0.5) is 0 Å². The van der Waals surface area contributed by atoms with E-state index in [1.807, 2.05) is 5.38 Å². The molecule has 1 heterocycles. The maximum Gasteiger partial charge on any atom is 0.0929 e. The Bertz CT molecular complexity index is 212. The summed E-state index contributed by atoms with van der Waals surface area (Å²) in [7, 11) is 0. The topological polar surface area (TPSA) is 59.1 Å². The van der Waals surface area contributed by atoms with Crippen molar-refractivity contribution < 1.29 is 5.11 Å². The minimum absolute atomic E-state index is 0.234. The van der Waals surface area contributed by atoms with Gasteiger partial charge >= 0.3 is 0 Å². The van der Waals surface area contributed by atoms with Crippen LogP contribution in [-0.4, -0.2) is 16.7 Å². The van der Waals surface area contributed by atoms with Crippen LogP contribution in [0.2, 0.25) is 0 Å². The molecule has 62 valence electrons. The molecule has 0 spiro atoms. The summed E-state index contributed by atoms with van der Waals surface area (Å²) < 4.78 is 0. The Balaban J connectivity index is 2.44. The van der Waals surface area contributed by atoms with E-state index in [1.54, 1.807) is 11.3 Å². The molecule has 0 aliphatic rings. The van der Waals surface area contributed by atoms with E-state index in [2.05, 4.69) is 4.98 Å². The van der Waals surface area contributed by atoms with Crippen molar-refractivity contribution in [3.63, 3.8) is 0 Å². The number of aliphatic hydroxyl groups excluding tert-OH is 1. The van der Waals surface area contributed by atoms with Crippen molar-refractivity contribution in [2.24, 2.45) is 5.73 Å². The van der Waals surface area contributed by atoms with Gasteiger partial charge in [-0.25, -0.2) is 4.98 Å². The second-order valence-electron chi connectivity index (χ2n) is 2.26. The molecule has 0 unspecified atom stereocenters. The van der Waals surface area contributed by atoms with Gasteiger partial charge in [0.2, 0.25) is 0 Å². The lowest BCUT2D eigenvalue weighted by Gasteiger charge is -1.90. The minimum Gasteiger partial charge on any atom is -0.396 e. The van der Waals surface area contributed by atoms with E-state index in [-0.39, 0.29) is 6.61 Å². The number of aliphatic hydroxyl groups is 1. The van der Waals surface area contributed by atoms with Gasteiger partial charge < -0.3 is 10.8 Å². The second-order valence-corrected chi connectivity index (χ2v) is 3.21. The zero-order chi connectivity index (χ0) is 8.10. The number of hydrogen-bond donors (Lipinski definition) is 2. The lowest BCUT2D eigenvalue weighted by atomic mass is 10.3. The van der Waals surface area contributed by atoms with Crippen molar-refractivity contribution in [1.29, 1.82) is 0 Å². The Morgan fingerprint density at radius 1 is 1.64 bits per heavy atom.